The van der Waals surface area contributed by atoms with Gasteiger partial charge in [-0.3, -0.25) is 4.79 Å². The lowest BCUT2D eigenvalue weighted by molar-refractivity contribution is -0.137. The average molecular weight is 453 g/mol. The number of benzene rings is 2. The maximum atomic E-state index is 13.2. The molecule has 1 aliphatic heterocycles. The number of anilines is 1. The summed E-state index contributed by atoms with van der Waals surface area (Å²) in [5.74, 6) is -0.625. The Morgan fingerprint density at radius 3 is 2.70 bits per heavy atom. The van der Waals surface area contributed by atoms with Crippen molar-refractivity contribution >= 4 is 11.6 Å². The molecule has 2 aromatic carbocycles. The average Bonchev–Trinajstić information content (AvgIpc) is 2.95. The van der Waals surface area contributed by atoms with E-state index in [2.05, 4.69) is 16.0 Å². The predicted octanol–water partition coefficient (Wildman–Crippen LogP) is 4.66. The smallest absolute Gasteiger partial charge is 0.380 e. The monoisotopic (exact) mass is 453 g/mol. The van der Waals surface area contributed by atoms with E-state index < -0.39 is 17.6 Å². The molecule has 0 atom stereocenters. The lowest BCUT2D eigenvalue weighted by Crippen LogP contribution is -2.25. The molecule has 0 bridgehead atoms. The molecule has 1 aromatic heterocycles. The normalized spacial score (nSPS) is 15.7. The Balaban J connectivity index is 1.58. The van der Waals surface area contributed by atoms with Gasteiger partial charge in [0.05, 0.1) is 23.6 Å². The van der Waals surface area contributed by atoms with Crippen molar-refractivity contribution in [1.29, 1.82) is 0 Å². The number of carbonyl (C=O) groups is 1. The minimum atomic E-state index is -4.47. The van der Waals surface area contributed by atoms with Crippen LogP contribution in [0.3, 0.4) is 0 Å². The van der Waals surface area contributed by atoms with Crippen LogP contribution < -0.4 is 10.6 Å². The predicted molar refractivity (Wildman–Crippen MR) is 119 cm³/mol. The van der Waals surface area contributed by atoms with Crippen LogP contribution in [0.5, 0.6) is 0 Å². The quantitative estimate of drug-likeness (QED) is 0.490. The van der Waals surface area contributed by atoms with Gasteiger partial charge in [0, 0.05) is 48.5 Å². The first-order valence-corrected chi connectivity index (χ1v) is 10.8. The zero-order chi connectivity index (χ0) is 23.2. The van der Waals surface area contributed by atoms with Crippen LogP contribution in [-0.2, 0) is 17.3 Å². The van der Waals surface area contributed by atoms with E-state index in [0.29, 0.717) is 24.3 Å². The molecular formula is C25H22F3N3O2. The summed E-state index contributed by atoms with van der Waals surface area (Å²) in [6.07, 6.45) is -3.03. The summed E-state index contributed by atoms with van der Waals surface area (Å²) >= 11 is 0. The van der Waals surface area contributed by atoms with Gasteiger partial charge in [-0.05, 0) is 47.9 Å². The first-order chi connectivity index (χ1) is 15.8. The summed E-state index contributed by atoms with van der Waals surface area (Å²) in [5.41, 5.74) is 10.0. The second-order valence-corrected chi connectivity index (χ2v) is 8.30. The highest BCUT2D eigenvalue weighted by Gasteiger charge is 2.31. The molecule has 8 heteroatoms. The molecule has 5 nitrogen and oxygen atoms in total. The van der Waals surface area contributed by atoms with Crippen molar-refractivity contribution in [3.63, 3.8) is 0 Å². The summed E-state index contributed by atoms with van der Waals surface area (Å²) < 4.78 is 45.2. The minimum Gasteiger partial charge on any atom is -0.380 e. The standard InChI is InChI=1S/C25H22F3N3O2/c26-25(27,28)17-4-1-3-15(11-17)22-14-21(24(29)32)20-13-16-12-18(5-6-19(16)23(20)30-22)31-7-2-9-33-10-8-31/h1,3-6,11-12,14H,2,7-10,13H2,(H2,29,32). The van der Waals surface area contributed by atoms with Crippen molar-refractivity contribution in [3.05, 3.63) is 70.8 Å². The Morgan fingerprint density at radius 1 is 1.06 bits per heavy atom. The molecule has 2 aliphatic rings. The summed E-state index contributed by atoms with van der Waals surface area (Å²) in [6, 6.07) is 12.5. The van der Waals surface area contributed by atoms with Crippen LogP contribution in [0, 0.1) is 0 Å². The third-order valence-electron chi connectivity index (χ3n) is 6.17. The molecule has 33 heavy (non-hydrogen) atoms. The molecule has 2 N–H and O–H groups in total. The van der Waals surface area contributed by atoms with Gasteiger partial charge in [0.2, 0.25) is 5.91 Å². The van der Waals surface area contributed by atoms with Gasteiger partial charge in [-0.15, -0.1) is 0 Å². The van der Waals surface area contributed by atoms with Crippen LogP contribution >= 0.6 is 0 Å². The first kappa shape index (κ1) is 21.5. The number of nitrogens with two attached hydrogens (primary N) is 1. The Kier molecular flexibility index (Phi) is 5.32. The van der Waals surface area contributed by atoms with Crippen LogP contribution in [-0.4, -0.2) is 37.2 Å². The second kappa shape index (κ2) is 8.19. The molecule has 2 heterocycles. The molecular weight excluding hydrogens is 431 g/mol. The molecule has 0 saturated carbocycles. The topological polar surface area (TPSA) is 68.5 Å². The third-order valence-corrected chi connectivity index (χ3v) is 6.17. The maximum Gasteiger partial charge on any atom is 0.416 e. The Morgan fingerprint density at radius 2 is 1.91 bits per heavy atom. The van der Waals surface area contributed by atoms with Crippen LogP contribution in [0.25, 0.3) is 22.5 Å². The highest BCUT2D eigenvalue weighted by atomic mass is 19.4. The van der Waals surface area contributed by atoms with Gasteiger partial charge >= 0.3 is 6.18 Å². The van der Waals surface area contributed by atoms with E-state index >= 15 is 0 Å². The number of carbonyl (C=O) groups excluding carboxylic acids is 1. The molecule has 5 rings (SSSR count). The fourth-order valence-electron chi connectivity index (χ4n) is 4.54. The molecule has 0 spiro atoms. The summed E-state index contributed by atoms with van der Waals surface area (Å²) in [5, 5.41) is 0. The zero-order valence-corrected chi connectivity index (χ0v) is 17.8. The molecule has 0 unspecified atom stereocenters. The molecule has 1 saturated heterocycles. The van der Waals surface area contributed by atoms with Crippen LogP contribution in [0.4, 0.5) is 18.9 Å². The minimum absolute atomic E-state index is 0.282. The number of aromatic nitrogens is 1. The summed E-state index contributed by atoms with van der Waals surface area (Å²) in [4.78, 5) is 19.2. The SMILES string of the molecule is NC(=O)c1cc(-c2cccc(C(F)(F)F)c2)nc2c1Cc1cc(N3CCCOCC3)ccc1-2. The zero-order valence-electron chi connectivity index (χ0n) is 17.8. The number of pyridine rings is 1. The van der Waals surface area contributed by atoms with Gasteiger partial charge in [0.15, 0.2) is 0 Å². The van der Waals surface area contributed by atoms with E-state index in [0.717, 1.165) is 55.1 Å². The fourth-order valence-corrected chi connectivity index (χ4v) is 4.54. The number of amides is 1. The number of halogens is 3. The van der Waals surface area contributed by atoms with E-state index in [1.54, 1.807) is 6.07 Å². The molecule has 1 amide bonds. The Bertz CT molecular complexity index is 1230. The highest BCUT2D eigenvalue weighted by molar-refractivity contribution is 5.98. The number of hydrogen-bond donors (Lipinski definition) is 1. The number of fused-ring (bicyclic) bond motifs is 3. The lowest BCUT2D eigenvalue weighted by Gasteiger charge is -2.22. The number of ether oxygens (including phenoxy) is 1. The van der Waals surface area contributed by atoms with Crippen LogP contribution in [0.15, 0.2) is 48.5 Å². The van der Waals surface area contributed by atoms with Gasteiger partial charge in [-0.1, -0.05) is 18.2 Å². The number of rotatable bonds is 3. The first-order valence-electron chi connectivity index (χ1n) is 10.8. The van der Waals surface area contributed by atoms with E-state index in [-0.39, 0.29) is 16.8 Å². The lowest BCUT2D eigenvalue weighted by atomic mass is 10.0. The largest absolute Gasteiger partial charge is 0.416 e. The Hall–Kier alpha value is -3.39. The van der Waals surface area contributed by atoms with Crippen molar-refractivity contribution in [2.45, 2.75) is 19.0 Å². The summed E-state index contributed by atoms with van der Waals surface area (Å²) in [7, 11) is 0. The fraction of sp³-hybridized carbons (Fsp3) is 0.280. The van der Waals surface area contributed by atoms with Crippen LogP contribution in [0.1, 0.15) is 33.5 Å². The number of hydrogen-bond acceptors (Lipinski definition) is 4. The number of nitrogens with zero attached hydrogens (tertiary/aromatic N) is 2. The van der Waals surface area contributed by atoms with Crippen molar-refractivity contribution in [3.8, 4) is 22.5 Å². The van der Waals surface area contributed by atoms with E-state index in [1.165, 1.54) is 12.1 Å². The van der Waals surface area contributed by atoms with Gasteiger partial charge in [-0.25, -0.2) is 4.98 Å². The number of alkyl halides is 3. The molecule has 1 fully saturated rings. The van der Waals surface area contributed by atoms with Gasteiger partial charge in [0.1, 0.15) is 0 Å². The third kappa shape index (κ3) is 4.06. The highest BCUT2D eigenvalue weighted by Crippen LogP contribution is 2.41. The van der Waals surface area contributed by atoms with E-state index in [1.807, 2.05) is 12.1 Å². The van der Waals surface area contributed by atoms with Gasteiger partial charge in [-0.2, -0.15) is 13.2 Å². The number of primary amides is 1. The van der Waals surface area contributed by atoms with Crippen LogP contribution in [0.2, 0.25) is 0 Å². The molecule has 0 radical (unpaired) electrons. The van der Waals surface area contributed by atoms with E-state index in [4.69, 9.17) is 10.5 Å². The molecule has 170 valence electrons. The van der Waals surface area contributed by atoms with Crippen molar-refractivity contribution in [2.24, 2.45) is 5.73 Å². The van der Waals surface area contributed by atoms with E-state index in [9.17, 15) is 18.0 Å². The van der Waals surface area contributed by atoms with Crippen molar-refractivity contribution in [1.82, 2.24) is 4.98 Å². The Labute approximate surface area is 189 Å². The molecule has 1 aliphatic carbocycles. The maximum absolute atomic E-state index is 13.2. The van der Waals surface area contributed by atoms with Crippen molar-refractivity contribution < 1.29 is 22.7 Å². The molecule has 3 aromatic rings. The van der Waals surface area contributed by atoms with Gasteiger partial charge in [0.25, 0.3) is 0 Å². The van der Waals surface area contributed by atoms with Gasteiger partial charge < -0.3 is 15.4 Å². The van der Waals surface area contributed by atoms with Crippen molar-refractivity contribution in [2.75, 3.05) is 31.2 Å². The second-order valence-electron chi connectivity index (χ2n) is 8.30. The summed E-state index contributed by atoms with van der Waals surface area (Å²) in [6.45, 7) is 3.12.